The standard InChI is InChI=1S/C22H30N4O6/c23-15(13-27)19(28)24-16(12-14-6-2-1-3-7-14)20(29)25-10-4-8-17(25)21(30)26-11-5-9-18(26)22(31)32/h1-3,6-7,15-18,27H,4-5,8-13,23H2,(H,24,28)(H,31,32). The summed E-state index contributed by atoms with van der Waals surface area (Å²) in [6, 6.07) is 5.36. The third kappa shape index (κ3) is 5.25. The van der Waals surface area contributed by atoms with E-state index in [4.69, 9.17) is 5.73 Å². The van der Waals surface area contributed by atoms with E-state index in [2.05, 4.69) is 5.32 Å². The molecule has 0 saturated carbocycles. The predicted molar refractivity (Wildman–Crippen MR) is 114 cm³/mol. The third-order valence-corrected chi connectivity index (χ3v) is 6.07. The molecule has 0 radical (unpaired) electrons. The molecule has 174 valence electrons. The molecule has 0 bridgehead atoms. The molecule has 1 aromatic carbocycles. The quantitative estimate of drug-likeness (QED) is 0.404. The van der Waals surface area contributed by atoms with Crippen molar-refractivity contribution in [2.45, 2.75) is 56.3 Å². The van der Waals surface area contributed by atoms with Crippen LogP contribution in [0.2, 0.25) is 0 Å². The van der Waals surface area contributed by atoms with Crippen LogP contribution < -0.4 is 11.1 Å². The molecule has 2 saturated heterocycles. The lowest BCUT2D eigenvalue weighted by Crippen LogP contribution is -2.57. The van der Waals surface area contributed by atoms with E-state index >= 15 is 0 Å². The number of nitrogens with one attached hydrogen (secondary N) is 1. The summed E-state index contributed by atoms with van der Waals surface area (Å²) in [7, 11) is 0. The smallest absolute Gasteiger partial charge is 0.326 e. The molecule has 10 heteroatoms. The largest absolute Gasteiger partial charge is 0.480 e. The number of aliphatic carboxylic acids is 1. The number of hydrogen-bond acceptors (Lipinski definition) is 6. The number of aliphatic hydroxyl groups is 1. The predicted octanol–water partition coefficient (Wildman–Crippen LogP) is -0.900. The highest BCUT2D eigenvalue weighted by molar-refractivity contribution is 5.94. The van der Waals surface area contributed by atoms with Crippen molar-refractivity contribution in [1.29, 1.82) is 0 Å². The fraction of sp³-hybridized carbons (Fsp3) is 0.545. The first-order valence-electron chi connectivity index (χ1n) is 10.9. The molecule has 0 aliphatic carbocycles. The number of nitrogens with zero attached hydrogens (tertiary/aromatic N) is 2. The monoisotopic (exact) mass is 446 g/mol. The fourth-order valence-corrected chi connectivity index (χ4v) is 4.38. The number of carboxylic acids is 1. The molecular formula is C22H30N4O6. The van der Waals surface area contributed by atoms with Gasteiger partial charge in [-0.3, -0.25) is 14.4 Å². The van der Waals surface area contributed by atoms with E-state index < -0.39 is 48.6 Å². The van der Waals surface area contributed by atoms with Crippen LogP contribution in [-0.2, 0) is 25.6 Å². The number of carbonyl (C=O) groups is 4. The number of amides is 3. The zero-order valence-corrected chi connectivity index (χ0v) is 17.9. The maximum Gasteiger partial charge on any atom is 0.326 e. The minimum absolute atomic E-state index is 0.197. The fourth-order valence-electron chi connectivity index (χ4n) is 4.38. The average Bonchev–Trinajstić information content (AvgIpc) is 3.47. The molecule has 32 heavy (non-hydrogen) atoms. The summed E-state index contributed by atoms with van der Waals surface area (Å²) in [5.74, 6) is -2.49. The number of likely N-dealkylation sites (tertiary alicyclic amines) is 2. The maximum absolute atomic E-state index is 13.5. The number of nitrogens with two attached hydrogens (primary N) is 1. The molecular weight excluding hydrogens is 416 g/mol. The van der Waals surface area contributed by atoms with Crippen LogP contribution >= 0.6 is 0 Å². The highest BCUT2D eigenvalue weighted by Crippen LogP contribution is 2.26. The van der Waals surface area contributed by atoms with Gasteiger partial charge in [0, 0.05) is 19.5 Å². The molecule has 3 rings (SSSR count). The highest BCUT2D eigenvalue weighted by atomic mass is 16.4. The van der Waals surface area contributed by atoms with Crippen LogP contribution in [0.1, 0.15) is 31.2 Å². The summed E-state index contributed by atoms with van der Waals surface area (Å²) >= 11 is 0. The lowest BCUT2D eigenvalue weighted by atomic mass is 10.0. The molecule has 5 N–H and O–H groups in total. The topological polar surface area (TPSA) is 153 Å². The van der Waals surface area contributed by atoms with Crippen LogP contribution in [0.15, 0.2) is 30.3 Å². The van der Waals surface area contributed by atoms with Gasteiger partial charge in [0.2, 0.25) is 17.7 Å². The van der Waals surface area contributed by atoms with Crippen LogP contribution in [0, 0.1) is 0 Å². The minimum Gasteiger partial charge on any atom is -0.480 e. The first kappa shape index (κ1) is 23.7. The van der Waals surface area contributed by atoms with E-state index in [-0.39, 0.29) is 12.3 Å². The Morgan fingerprint density at radius 1 is 1.03 bits per heavy atom. The van der Waals surface area contributed by atoms with E-state index in [0.29, 0.717) is 38.8 Å². The third-order valence-electron chi connectivity index (χ3n) is 6.07. The first-order chi connectivity index (χ1) is 15.3. The number of aliphatic hydroxyl groups excluding tert-OH is 1. The second-order valence-corrected chi connectivity index (χ2v) is 8.26. The summed E-state index contributed by atoms with van der Waals surface area (Å²) in [6.45, 7) is 0.131. The SMILES string of the molecule is NC(CO)C(=O)NC(Cc1ccccc1)C(=O)N1CCCC1C(=O)N1CCCC1C(=O)O. The number of benzene rings is 1. The second-order valence-electron chi connectivity index (χ2n) is 8.26. The van der Waals surface area contributed by atoms with Gasteiger partial charge in [-0.25, -0.2) is 4.79 Å². The zero-order valence-electron chi connectivity index (χ0n) is 17.9. The normalized spacial score (nSPS) is 22.4. The Bertz CT molecular complexity index is 848. The molecule has 3 amide bonds. The van der Waals surface area contributed by atoms with Gasteiger partial charge in [0.05, 0.1) is 6.61 Å². The van der Waals surface area contributed by atoms with Crippen LogP contribution in [0.25, 0.3) is 0 Å². The van der Waals surface area contributed by atoms with Crippen molar-refractivity contribution in [2.75, 3.05) is 19.7 Å². The highest BCUT2D eigenvalue weighted by Gasteiger charge is 2.43. The molecule has 2 heterocycles. The summed E-state index contributed by atoms with van der Waals surface area (Å²) in [6.07, 6.45) is 2.25. The molecule has 2 aliphatic heterocycles. The van der Waals surface area contributed by atoms with Gasteiger partial charge in [0.1, 0.15) is 24.2 Å². The van der Waals surface area contributed by atoms with Crippen LogP contribution in [0.5, 0.6) is 0 Å². The van der Waals surface area contributed by atoms with Gasteiger partial charge in [-0.05, 0) is 31.2 Å². The first-order valence-corrected chi connectivity index (χ1v) is 10.9. The molecule has 0 spiro atoms. The van der Waals surface area contributed by atoms with E-state index in [1.165, 1.54) is 9.80 Å². The van der Waals surface area contributed by atoms with E-state index in [9.17, 15) is 29.4 Å². The molecule has 2 aliphatic rings. The Hall–Kier alpha value is -2.98. The van der Waals surface area contributed by atoms with Crippen molar-refractivity contribution in [3.63, 3.8) is 0 Å². The molecule has 0 aromatic heterocycles. The number of carboxylic acid groups (broad SMARTS) is 1. The van der Waals surface area contributed by atoms with Gasteiger partial charge in [-0.1, -0.05) is 30.3 Å². The Morgan fingerprint density at radius 2 is 1.66 bits per heavy atom. The number of hydrogen-bond donors (Lipinski definition) is 4. The van der Waals surface area contributed by atoms with Crippen molar-refractivity contribution < 1.29 is 29.4 Å². The molecule has 4 unspecified atom stereocenters. The van der Waals surface area contributed by atoms with Crippen molar-refractivity contribution in [3.8, 4) is 0 Å². The molecule has 10 nitrogen and oxygen atoms in total. The van der Waals surface area contributed by atoms with Crippen molar-refractivity contribution in [1.82, 2.24) is 15.1 Å². The Balaban J connectivity index is 1.79. The summed E-state index contributed by atoms with van der Waals surface area (Å²) in [5, 5.41) is 21.2. The second kappa shape index (κ2) is 10.6. The maximum atomic E-state index is 13.5. The summed E-state index contributed by atoms with van der Waals surface area (Å²) < 4.78 is 0. The van der Waals surface area contributed by atoms with E-state index in [1.807, 2.05) is 30.3 Å². The van der Waals surface area contributed by atoms with Gasteiger partial charge in [0.25, 0.3) is 0 Å². The van der Waals surface area contributed by atoms with Gasteiger partial charge in [-0.2, -0.15) is 0 Å². The average molecular weight is 447 g/mol. The van der Waals surface area contributed by atoms with Gasteiger partial charge < -0.3 is 31.1 Å². The lowest BCUT2D eigenvalue weighted by molar-refractivity contribution is -0.152. The Morgan fingerprint density at radius 3 is 2.28 bits per heavy atom. The summed E-state index contributed by atoms with van der Waals surface area (Å²) in [5.41, 5.74) is 6.43. The van der Waals surface area contributed by atoms with E-state index in [0.717, 1.165) is 5.56 Å². The van der Waals surface area contributed by atoms with Gasteiger partial charge in [-0.15, -0.1) is 0 Å². The molecule has 2 fully saturated rings. The molecule has 4 atom stereocenters. The Kier molecular flexibility index (Phi) is 7.81. The van der Waals surface area contributed by atoms with Crippen molar-refractivity contribution in [2.24, 2.45) is 5.73 Å². The molecule has 1 aromatic rings. The van der Waals surface area contributed by atoms with Crippen molar-refractivity contribution >= 4 is 23.7 Å². The van der Waals surface area contributed by atoms with Gasteiger partial charge >= 0.3 is 5.97 Å². The minimum atomic E-state index is -1.17. The van der Waals surface area contributed by atoms with Crippen LogP contribution in [0.4, 0.5) is 0 Å². The number of carbonyl (C=O) groups excluding carboxylic acids is 3. The Labute approximate surface area is 186 Å². The van der Waals surface area contributed by atoms with Crippen LogP contribution in [-0.4, -0.2) is 87.6 Å². The van der Waals surface area contributed by atoms with Crippen molar-refractivity contribution in [3.05, 3.63) is 35.9 Å². The zero-order chi connectivity index (χ0) is 23.3. The lowest BCUT2D eigenvalue weighted by Gasteiger charge is -2.32. The van der Waals surface area contributed by atoms with Crippen LogP contribution in [0.3, 0.4) is 0 Å². The van der Waals surface area contributed by atoms with Gasteiger partial charge in [0.15, 0.2) is 0 Å². The summed E-state index contributed by atoms with van der Waals surface area (Å²) in [4.78, 5) is 53.3. The van der Waals surface area contributed by atoms with E-state index in [1.54, 1.807) is 0 Å². The number of rotatable bonds is 8.